The summed E-state index contributed by atoms with van der Waals surface area (Å²) >= 11 is 0. The topological polar surface area (TPSA) is 35.6 Å². The number of benzene rings is 1. The van der Waals surface area contributed by atoms with Crippen molar-refractivity contribution in [2.24, 2.45) is 17.3 Å². The molecule has 4 nitrogen and oxygen atoms in total. The van der Waals surface area contributed by atoms with Crippen molar-refractivity contribution < 1.29 is 18.0 Å². The largest absolute Gasteiger partial charge is 0.404 e. The molecule has 3 aliphatic heterocycles. The van der Waals surface area contributed by atoms with Crippen LogP contribution in [-0.4, -0.2) is 61.2 Å². The van der Waals surface area contributed by atoms with Gasteiger partial charge in [0.2, 0.25) is 5.91 Å². The number of fused-ring (bicyclic) bond motifs is 1. The maximum Gasteiger partial charge on any atom is 0.404 e. The lowest BCUT2D eigenvalue weighted by Crippen LogP contribution is -2.54. The molecular weight excluding hydrogens is 403 g/mol. The van der Waals surface area contributed by atoms with Gasteiger partial charge >= 0.3 is 6.18 Å². The number of nitrogens with one attached hydrogen (secondary N) is 1. The minimum atomic E-state index is -4.53. The molecule has 8 heteroatoms. The first-order valence-electron chi connectivity index (χ1n) is 10.2. The summed E-state index contributed by atoms with van der Waals surface area (Å²) in [6.07, 6.45) is -3.08. The fourth-order valence-electron chi connectivity index (χ4n) is 5.12. The number of rotatable bonds is 3. The maximum atomic E-state index is 14.2. The van der Waals surface area contributed by atoms with E-state index in [0.29, 0.717) is 38.0 Å². The van der Waals surface area contributed by atoms with Crippen molar-refractivity contribution in [1.29, 1.82) is 0 Å². The van der Waals surface area contributed by atoms with Gasteiger partial charge in [0.25, 0.3) is 0 Å². The molecule has 4 rings (SSSR count). The molecule has 3 heterocycles. The lowest BCUT2D eigenvalue weighted by Gasteiger charge is -2.35. The molecule has 162 valence electrons. The molecule has 29 heavy (non-hydrogen) atoms. The fraction of sp³-hybridized carbons (Fsp3) is 0.667. The lowest BCUT2D eigenvalue weighted by atomic mass is 9.84. The van der Waals surface area contributed by atoms with Gasteiger partial charge in [0, 0.05) is 26.2 Å². The SMILES string of the molecule is Cl.O=C(N1CC[C@@H]2CNC[C@@H]2CC1)C1(C(F)(F)F)CCN(Cc2ccccc2)C1. The molecule has 3 saturated heterocycles. The van der Waals surface area contributed by atoms with Crippen LogP contribution in [0.1, 0.15) is 24.8 Å². The van der Waals surface area contributed by atoms with Crippen LogP contribution in [-0.2, 0) is 11.3 Å². The molecule has 1 unspecified atom stereocenters. The summed E-state index contributed by atoms with van der Waals surface area (Å²) in [7, 11) is 0. The van der Waals surface area contributed by atoms with E-state index in [1.165, 1.54) is 4.90 Å². The fourth-order valence-corrected chi connectivity index (χ4v) is 5.12. The van der Waals surface area contributed by atoms with Crippen LogP contribution in [0.25, 0.3) is 0 Å². The van der Waals surface area contributed by atoms with E-state index in [2.05, 4.69) is 5.32 Å². The van der Waals surface area contributed by atoms with Gasteiger partial charge in [-0.05, 0) is 56.3 Å². The number of hydrogen-bond donors (Lipinski definition) is 1. The van der Waals surface area contributed by atoms with Gasteiger partial charge in [0.1, 0.15) is 0 Å². The number of carbonyl (C=O) groups excluding carboxylic acids is 1. The summed E-state index contributed by atoms with van der Waals surface area (Å²) < 4.78 is 42.5. The van der Waals surface area contributed by atoms with E-state index in [1.54, 1.807) is 4.90 Å². The van der Waals surface area contributed by atoms with Gasteiger partial charge in [0.05, 0.1) is 0 Å². The molecular formula is C21H29ClF3N3O. The summed E-state index contributed by atoms with van der Waals surface area (Å²) in [4.78, 5) is 16.5. The van der Waals surface area contributed by atoms with Crippen LogP contribution in [0.15, 0.2) is 30.3 Å². The zero-order chi connectivity index (χ0) is 19.8. The van der Waals surface area contributed by atoms with Crippen LogP contribution in [0.3, 0.4) is 0 Å². The highest BCUT2D eigenvalue weighted by Crippen LogP contribution is 2.47. The number of amides is 1. The minimum Gasteiger partial charge on any atom is -0.342 e. The Hall–Kier alpha value is -1.31. The zero-order valence-corrected chi connectivity index (χ0v) is 17.3. The van der Waals surface area contributed by atoms with Crippen LogP contribution in [0, 0.1) is 17.3 Å². The third-order valence-corrected chi connectivity index (χ3v) is 6.86. The normalized spacial score (nSPS) is 30.5. The van der Waals surface area contributed by atoms with Crippen molar-refractivity contribution in [3.8, 4) is 0 Å². The smallest absolute Gasteiger partial charge is 0.342 e. The molecule has 0 aromatic heterocycles. The van der Waals surface area contributed by atoms with E-state index in [0.717, 1.165) is 31.5 Å². The van der Waals surface area contributed by atoms with E-state index in [-0.39, 0.29) is 25.4 Å². The number of nitrogens with zero attached hydrogens (tertiary/aromatic N) is 2. The Morgan fingerprint density at radius 3 is 2.28 bits per heavy atom. The Labute approximate surface area is 176 Å². The summed E-state index contributed by atoms with van der Waals surface area (Å²) in [5, 5.41) is 3.36. The van der Waals surface area contributed by atoms with Gasteiger partial charge in [-0.1, -0.05) is 30.3 Å². The van der Waals surface area contributed by atoms with Crippen LogP contribution in [0.4, 0.5) is 13.2 Å². The van der Waals surface area contributed by atoms with Crippen molar-refractivity contribution in [3.05, 3.63) is 35.9 Å². The third-order valence-electron chi connectivity index (χ3n) is 6.86. The Morgan fingerprint density at radius 1 is 1.07 bits per heavy atom. The highest BCUT2D eigenvalue weighted by Gasteiger charge is 2.64. The first-order valence-corrected chi connectivity index (χ1v) is 10.2. The average molecular weight is 432 g/mol. The van der Waals surface area contributed by atoms with Crippen LogP contribution < -0.4 is 5.32 Å². The Kier molecular flexibility index (Phi) is 6.81. The van der Waals surface area contributed by atoms with E-state index >= 15 is 0 Å². The number of likely N-dealkylation sites (tertiary alicyclic amines) is 2. The minimum absolute atomic E-state index is 0. The number of hydrogen-bond acceptors (Lipinski definition) is 3. The van der Waals surface area contributed by atoms with Gasteiger partial charge in [0.15, 0.2) is 5.41 Å². The van der Waals surface area contributed by atoms with E-state index in [1.807, 2.05) is 30.3 Å². The summed E-state index contributed by atoms with van der Waals surface area (Å²) in [5.41, 5.74) is -1.29. The van der Waals surface area contributed by atoms with Gasteiger partial charge < -0.3 is 10.2 Å². The summed E-state index contributed by atoms with van der Waals surface area (Å²) in [6, 6.07) is 9.49. The molecule has 3 fully saturated rings. The average Bonchev–Trinajstić information content (AvgIpc) is 3.25. The molecule has 1 N–H and O–H groups in total. The van der Waals surface area contributed by atoms with Crippen LogP contribution >= 0.6 is 12.4 Å². The number of alkyl halides is 3. The summed E-state index contributed by atoms with van der Waals surface area (Å²) in [5.74, 6) is 0.263. The standard InChI is InChI=1S/C21H28F3N3O.ClH/c22-21(23,24)20(8-11-26(15-20)14-16-4-2-1-3-5-16)19(28)27-9-6-17-12-25-13-18(17)7-10-27;/h1-5,17-18,25H,6-15H2;1H/t17-,18+,20?;. The van der Waals surface area contributed by atoms with Crippen molar-refractivity contribution in [2.45, 2.75) is 32.0 Å². The van der Waals surface area contributed by atoms with Crippen LogP contribution in [0.5, 0.6) is 0 Å². The van der Waals surface area contributed by atoms with Gasteiger partial charge in [-0.15, -0.1) is 12.4 Å². The quantitative estimate of drug-likeness (QED) is 0.797. The van der Waals surface area contributed by atoms with Gasteiger partial charge in [-0.25, -0.2) is 0 Å². The first-order chi connectivity index (χ1) is 13.4. The number of halogens is 4. The van der Waals surface area contributed by atoms with Crippen molar-refractivity contribution in [2.75, 3.05) is 39.3 Å². The highest BCUT2D eigenvalue weighted by atomic mass is 35.5. The Balaban J connectivity index is 0.00000240. The van der Waals surface area contributed by atoms with E-state index in [9.17, 15) is 18.0 Å². The molecule has 0 spiro atoms. The molecule has 0 aliphatic carbocycles. The van der Waals surface area contributed by atoms with Gasteiger partial charge in [-0.2, -0.15) is 13.2 Å². The van der Waals surface area contributed by atoms with E-state index < -0.39 is 17.5 Å². The monoisotopic (exact) mass is 431 g/mol. The van der Waals surface area contributed by atoms with Crippen LogP contribution in [0.2, 0.25) is 0 Å². The second kappa shape index (κ2) is 8.82. The second-order valence-corrected chi connectivity index (χ2v) is 8.57. The molecule has 0 radical (unpaired) electrons. The molecule has 0 saturated carbocycles. The highest BCUT2D eigenvalue weighted by molar-refractivity contribution is 5.85. The molecule has 1 amide bonds. The van der Waals surface area contributed by atoms with E-state index in [4.69, 9.17) is 0 Å². The Bertz CT molecular complexity index is 688. The number of carbonyl (C=O) groups is 1. The third kappa shape index (κ3) is 4.42. The molecule has 0 bridgehead atoms. The predicted octanol–water partition coefficient (Wildman–Crippen LogP) is 3.32. The van der Waals surface area contributed by atoms with Crippen molar-refractivity contribution >= 4 is 18.3 Å². The molecule has 3 atom stereocenters. The summed E-state index contributed by atoms with van der Waals surface area (Å²) in [6.45, 7) is 3.22. The van der Waals surface area contributed by atoms with Crippen molar-refractivity contribution in [1.82, 2.24) is 15.1 Å². The maximum absolute atomic E-state index is 14.2. The van der Waals surface area contributed by atoms with Crippen molar-refractivity contribution in [3.63, 3.8) is 0 Å². The molecule has 1 aromatic carbocycles. The van der Waals surface area contributed by atoms with Gasteiger partial charge in [-0.3, -0.25) is 9.69 Å². The molecule has 1 aromatic rings. The zero-order valence-electron chi connectivity index (χ0n) is 16.5. The second-order valence-electron chi connectivity index (χ2n) is 8.57. The predicted molar refractivity (Wildman–Crippen MR) is 108 cm³/mol. The molecule has 3 aliphatic rings. The Morgan fingerprint density at radius 2 is 1.69 bits per heavy atom. The first kappa shape index (κ1) is 22.4. The lowest BCUT2D eigenvalue weighted by molar-refractivity contribution is -0.223.